The van der Waals surface area contributed by atoms with E-state index in [0.29, 0.717) is 17.3 Å². The molecule has 0 spiro atoms. The Morgan fingerprint density at radius 1 is 1.16 bits per heavy atom. The summed E-state index contributed by atoms with van der Waals surface area (Å²) in [5, 5.41) is 15.9. The number of carboxylic acids is 1. The van der Waals surface area contributed by atoms with Crippen molar-refractivity contribution in [3.8, 4) is 0 Å². The molecule has 1 unspecified atom stereocenters. The summed E-state index contributed by atoms with van der Waals surface area (Å²) in [5.41, 5.74) is 2.91. The Kier molecular flexibility index (Phi) is 6.73. The molecule has 3 aromatic rings. The molecular formula is C25H30N4O3. The van der Waals surface area contributed by atoms with Crippen molar-refractivity contribution >= 4 is 23.3 Å². The van der Waals surface area contributed by atoms with Gasteiger partial charge in [-0.25, -0.2) is 9.78 Å². The molecule has 1 fully saturated rings. The fourth-order valence-electron chi connectivity index (χ4n) is 4.37. The molecular weight excluding hydrogens is 404 g/mol. The molecule has 168 valence electrons. The SMILES string of the molecule is CCc1nc2cc(C(=O)NC(Cc3ccccc3)C(=O)O)ccn2c1NC1CCCCC1. The maximum Gasteiger partial charge on any atom is 0.326 e. The summed E-state index contributed by atoms with van der Waals surface area (Å²) in [6, 6.07) is 12.2. The fraction of sp³-hybridized carbons (Fsp3) is 0.400. The highest BCUT2D eigenvalue weighted by Crippen LogP contribution is 2.25. The average molecular weight is 435 g/mol. The van der Waals surface area contributed by atoms with Crippen molar-refractivity contribution in [1.82, 2.24) is 14.7 Å². The third-order valence-corrected chi connectivity index (χ3v) is 6.13. The average Bonchev–Trinajstić information content (AvgIpc) is 3.16. The maximum absolute atomic E-state index is 12.8. The first-order valence-corrected chi connectivity index (χ1v) is 11.4. The lowest BCUT2D eigenvalue weighted by molar-refractivity contribution is -0.139. The van der Waals surface area contributed by atoms with Gasteiger partial charge in [0.05, 0.1) is 5.69 Å². The van der Waals surface area contributed by atoms with Crippen LogP contribution in [0.4, 0.5) is 5.82 Å². The number of carboxylic acid groups (broad SMARTS) is 1. The van der Waals surface area contributed by atoms with Crippen LogP contribution in [0.5, 0.6) is 0 Å². The molecule has 7 nitrogen and oxygen atoms in total. The molecule has 0 saturated heterocycles. The van der Waals surface area contributed by atoms with E-state index in [1.54, 1.807) is 12.1 Å². The first-order valence-electron chi connectivity index (χ1n) is 11.4. The van der Waals surface area contributed by atoms with Crippen molar-refractivity contribution < 1.29 is 14.7 Å². The van der Waals surface area contributed by atoms with Crippen molar-refractivity contribution in [3.05, 3.63) is 65.5 Å². The van der Waals surface area contributed by atoms with Crippen LogP contribution in [0.3, 0.4) is 0 Å². The minimum Gasteiger partial charge on any atom is -0.480 e. The molecule has 1 aliphatic carbocycles. The number of aromatic nitrogens is 2. The number of aliphatic carboxylic acids is 1. The zero-order valence-electron chi connectivity index (χ0n) is 18.4. The second kappa shape index (κ2) is 9.85. The number of rotatable bonds is 8. The van der Waals surface area contributed by atoms with Gasteiger partial charge >= 0.3 is 5.97 Å². The highest BCUT2D eigenvalue weighted by Gasteiger charge is 2.22. The van der Waals surface area contributed by atoms with Crippen molar-refractivity contribution in [2.75, 3.05) is 5.32 Å². The number of carbonyl (C=O) groups excluding carboxylic acids is 1. The number of aryl methyl sites for hydroxylation is 1. The van der Waals surface area contributed by atoms with E-state index in [-0.39, 0.29) is 6.42 Å². The van der Waals surface area contributed by atoms with Crippen LogP contribution in [-0.4, -0.2) is 38.5 Å². The summed E-state index contributed by atoms with van der Waals surface area (Å²) >= 11 is 0. The molecule has 32 heavy (non-hydrogen) atoms. The minimum atomic E-state index is -1.06. The Bertz CT molecular complexity index is 1090. The zero-order chi connectivity index (χ0) is 22.5. The van der Waals surface area contributed by atoms with Gasteiger partial charge < -0.3 is 15.7 Å². The molecule has 2 aromatic heterocycles. The minimum absolute atomic E-state index is 0.225. The van der Waals surface area contributed by atoms with Crippen LogP contribution >= 0.6 is 0 Å². The van der Waals surface area contributed by atoms with E-state index >= 15 is 0 Å². The lowest BCUT2D eigenvalue weighted by Crippen LogP contribution is -2.42. The van der Waals surface area contributed by atoms with Crippen LogP contribution < -0.4 is 10.6 Å². The number of nitrogens with zero attached hydrogens (tertiary/aromatic N) is 2. The Morgan fingerprint density at radius 2 is 1.91 bits per heavy atom. The number of hydrogen-bond acceptors (Lipinski definition) is 4. The summed E-state index contributed by atoms with van der Waals surface area (Å²) < 4.78 is 1.99. The van der Waals surface area contributed by atoms with Gasteiger partial charge in [0.25, 0.3) is 5.91 Å². The first kappa shape index (κ1) is 21.9. The summed E-state index contributed by atoms with van der Waals surface area (Å²) in [5.74, 6) is -0.483. The maximum atomic E-state index is 12.8. The van der Waals surface area contributed by atoms with Gasteiger partial charge in [-0.3, -0.25) is 9.20 Å². The third-order valence-electron chi connectivity index (χ3n) is 6.13. The molecule has 1 saturated carbocycles. The monoisotopic (exact) mass is 434 g/mol. The van der Waals surface area contributed by atoms with Crippen LogP contribution in [0.25, 0.3) is 5.65 Å². The van der Waals surface area contributed by atoms with Gasteiger partial charge in [0, 0.05) is 24.2 Å². The Hall–Kier alpha value is -3.35. The molecule has 4 rings (SSSR count). The lowest BCUT2D eigenvalue weighted by atomic mass is 9.95. The van der Waals surface area contributed by atoms with E-state index < -0.39 is 17.9 Å². The Balaban J connectivity index is 1.53. The van der Waals surface area contributed by atoms with Crippen LogP contribution in [0.15, 0.2) is 48.7 Å². The summed E-state index contributed by atoms with van der Waals surface area (Å²) in [6.07, 6.45) is 8.96. The van der Waals surface area contributed by atoms with E-state index in [0.717, 1.165) is 36.3 Å². The van der Waals surface area contributed by atoms with Crippen molar-refractivity contribution in [3.63, 3.8) is 0 Å². The highest BCUT2D eigenvalue weighted by atomic mass is 16.4. The molecule has 1 aliphatic rings. The number of nitrogens with one attached hydrogen (secondary N) is 2. The number of fused-ring (bicyclic) bond motifs is 1. The summed E-state index contributed by atoms with van der Waals surface area (Å²) in [6.45, 7) is 2.07. The predicted octanol–water partition coefficient (Wildman–Crippen LogP) is 4.07. The second-order valence-electron chi connectivity index (χ2n) is 8.44. The highest BCUT2D eigenvalue weighted by molar-refractivity contribution is 5.97. The van der Waals surface area contributed by atoms with Gasteiger partial charge in [0.1, 0.15) is 17.5 Å². The van der Waals surface area contributed by atoms with Crippen molar-refractivity contribution in [2.45, 2.75) is 64.0 Å². The van der Waals surface area contributed by atoms with Gasteiger partial charge in [-0.05, 0) is 37.0 Å². The van der Waals surface area contributed by atoms with Gasteiger partial charge in [-0.2, -0.15) is 0 Å². The van der Waals surface area contributed by atoms with Gasteiger partial charge in [0.15, 0.2) is 0 Å². The molecule has 2 heterocycles. The van der Waals surface area contributed by atoms with Crippen molar-refractivity contribution in [1.29, 1.82) is 0 Å². The van der Waals surface area contributed by atoms with Crippen LogP contribution in [0, 0.1) is 0 Å². The number of benzene rings is 1. The van der Waals surface area contributed by atoms with E-state index in [2.05, 4.69) is 17.6 Å². The molecule has 0 bridgehead atoms. The van der Waals surface area contributed by atoms with Crippen LogP contribution in [-0.2, 0) is 17.6 Å². The van der Waals surface area contributed by atoms with E-state index in [1.165, 1.54) is 19.3 Å². The van der Waals surface area contributed by atoms with E-state index in [9.17, 15) is 14.7 Å². The topological polar surface area (TPSA) is 95.7 Å². The molecule has 0 radical (unpaired) electrons. The predicted molar refractivity (Wildman–Crippen MR) is 124 cm³/mol. The Labute approximate surface area is 187 Å². The molecule has 1 amide bonds. The molecule has 7 heteroatoms. The summed E-state index contributed by atoms with van der Waals surface area (Å²) in [4.78, 5) is 29.3. The number of pyridine rings is 1. The number of carbonyl (C=O) groups is 2. The molecule has 1 aromatic carbocycles. The second-order valence-corrected chi connectivity index (χ2v) is 8.44. The lowest BCUT2D eigenvalue weighted by Gasteiger charge is -2.24. The smallest absolute Gasteiger partial charge is 0.326 e. The number of hydrogen-bond donors (Lipinski definition) is 3. The molecule has 3 N–H and O–H groups in total. The van der Waals surface area contributed by atoms with E-state index in [1.807, 2.05) is 40.9 Å². The standard InChI is InChI=1S/C25H30N4O3/c1-2-20-23(26-19-11-7-4-8-12-19)29-14-13-18(16-22(29)27-20)24(30)28-21(25(31)32)15-17-9-5-3-6-10-17/h3,5-6,9-10,13-14,16,19,21,26H,2,4,7-8,11-12,15H2,1H3,(H,28,30)(H,31,32). The zero-order valence-corrected chi connectivity index (χ0v) is 18.4. The van der Waals surface area contributed by atoms with Gasteiger partial charge in [0.2, 0.25) is 0 Å². The van der Waals surface area contributed by atoms with Crippen molar-refractivity contribution in [2.24, 2.45) is 0 Å². The number of amides is 1. The van der Waals surface area contributed by atoms with Gasteiger partial charge in [-0.15, -0.1) is 0 Å². The van der Waals surface area contributed by atoms with Gasteiger partial charge in [-0.1, -0.05) is 56.5 Å². The first-order chi connectivity index (χ1) is 15.5. The normalized spacial score (nSPS) is 15.4. The van der Waals surface area contributed by atoms with Crippen LogP contribution in [0.2, 0.25) is 0 Å². The molecule has 0 aliphatic heterocycles. The Morgan fingerprint density at radius 3 is 2.59 bits per heavy atom. The quantitative estimate of drug-likeness (QED) is 0.497. The fourth-order valence-corrected chi connectivity index (χ4v) is 4.37. The largest absolute Gasteiger partial charge is 0.480 e. The van der Waals surface area contributed by atoms with Crippen LogP contribution in [0.1, 0.15) is 60.6 Å². The van der Waals surface area contributed by atoms with E-state index in [4.69, 9.17) is 4.98 Å². The number of anilines is 1. The summed E-state index contributed by atoms with van der Waals surface area (Å²) in [7, 11) is 0. The number of imidazole rings is 1. The third kappa shape index (κ3) is 4.93. The molecule has 1 atom stereocenters.